The summed E-state index contributed by atoms with van der Waals surface area (Å²) in [5.41, 5.74) is -0.372. The smallest absolute Gasteiger partial charge is 0.408 e. The molecular formula is C13H19N3O4. The fourth-order valence-corrected chi connectivity index (χ4v) is 1.36. The van der Waals surface area contributed by atoms with Crippen LogP contribution in [0.1, 0.15) is 39.4 Å². The average Bonchev–Trinajstić information content (AvgIpc) is 2.35. The van der Waals surface area contributed by atoms with Crippen LogP contribution in [0.2, 0.25) is 0 Å². The summed E-state index contributed by atoms with van der Waals surface area (Å²) in [6.07, 6.45) is 3.57. The van der Waals surface area contributed by atoms with Crippen molar-refractivity contribution in [3.05, 3.63) is 24.3 Å². The van der Waals surface area contributed by atoms with Crippen LogP contribution in [0, 0.1) is 0 Å². The van der Waals surface area contributed by atoms with Crippen molar-refractivity contribution in [2.45, 2.75) is 39.3 Å². The lowest BCUT2D eigenvalue weighted by Crippen LogP contribution is -2.39. The third kappa shape index (κ3) is 5.21. The van der Waals surface area contributed by atoms with Crippen LogP contribution in [-0.4, -0.2) is 34.2 Å². The van der Waals surface area contributed by atoms with E-state index in [9.17, 15) is 9.59 Å². The highest BCUT2D eigenvalue weighted by Crippen LogP contribution is 2.13. The Labute approximate surface area is 117 Å². The first kappa shape index (κ1) is 15.9. The first-order valence-corrected chi connectivity index (χ1v) is 6.25. The molecule has 1 aromatic rings. The number of alkyl carbamates (subject to hydrolysis) is 1. The van der Waals surface area contributed by atoms with Gasteiger partial charge in [0.25, 0.3) is 0 Å². The van der Waals surface area contributed by atoms with Crippen molar-refractivity contribution in [1.29, 1.82) is 0 Å². The van der Waals surface area contributed by atoms with Crippen molar-refractivity contribution in [3.63, 3.8) is 0 Å². The maximum Gasteiger partial charge on any atom is 0.408 e. The molecule has 1 N–H and O–H groups in total. The number of amides is 1. The van der Waals surface area contributed by atoms with Crippen LogP contribution in [0.25, 0.3) is 0 Å². The number of rotatable bonds is 4. The largest absolute Gasteiger partial charge is 0.464 e. The number of aromatic nitrogens is 2. The predicted molar refractivity (Wildman–Crippen MR) is 70.8 cm³/mol. The Morgan fingerprint density at radius 1 is 1.35 bits per heavy atom. The number of hydrogen-bond acceptors (Lipinski definition) is 6. The van der Waals surface area contributed by atoms with Crippen LogP contribution in [0.15, 0.2) is 18.6 Å². The molecule has 0 aliphatic carbocycles. The first-order valence-electron chi connectivity index (χ1n) is 6.25. The summed E-state index contributed by atoms with van der Waals surface area (Å²) in [5, 5.41) is 2.44. The molecule has 0 aliphatic rings. The van der Waals surface area contributed by atoms with Gasteiger partial charge in [0, 0.05) is 12.4 Å². The minimum atomic E-state index is -1.04. The van der Waals surface area contributed by atoms with Gasteiger partial charge in [0.2, 0.25) is 0 Å². The van der Waals surface area contributed by atoms with Crippen LogP contribution in [0.4, 0.5) is 4.79 Å². The van der Waals surface area contributed by atoms with Crippen molar-refractivity contribution in [3.8, 4) is 0 Å². The number of ether oxygens (including phenoxy) is 2. The molecule has 20 heavy (non-hydrogen) atoms. The molecule has 0 aromatic carbocycles. The van der Waals surface area contributed by atoms with E-state index in [-0.39, 0.29) is 12.3 Å². The standard InChI is InChI=1S/C13H19N3O4/c1-5-19-11(17)10(9-8-14-6-7-15-9)16-12(18)20-13(2,3)4/h6-8,10H,5H2,1-4H3,(H,16,18)/t10-/m0/s1. The molecule has 1 rings (SSSR count). The van der Waals surface area contributed by atoms with Gasteiger partial charge in [-0.15, -0.1) is 0 Å². The molecule has 0 spiro atoms. The summed E-state index contributed by atoms with van der Waals surface area (Å²) in [4.78, 5) is 31.5. The van der Waals surface area contributed by atoms with E-state index in [4.69, 9.17) is 9.47 Å². The summed E-state index contributed by atoms with van der Waals surface area (Å²) >= 11 is 0. The van der Waals surface area contributed by atoms with Gasteiger partial charge in [0.15, 0.2) is 6.04 Å². The molecule has 0 fully saturated rings. The van der Waals surface area contributed by atoms with Gasteiger partial charge in [0.05, 0.1) is 18.5 Å². The second kappa shape index (κ2) is 6.83. The van der Waals surface area contributed by atoms with Gasteiger partial charge in [-0.2, -0.15) is 0 Å². The highest BCUT2D eigenvalue weighted by atomic mass is 16.6. The average molecular weight is 281 g/mol. The van der Waals surface area contributed by atoms with Crippen molar-refractivity contribution in [2.24, 2.45) is 0 Å². The summed E-state index contributed by atoms with van der Waals surface area (Å²) < 4.78 is 10.0. The molecule has 7 nitrogen and oxygen atoms in total. The van der Waals surface area contributed by atoms with E-state index in [1.807, 2.05) is 0 Å². The van der Waals surface area contributed by atoms with E-state index in [2.05, 4.69) is 15.3 Å². The van der Waals surface area contributed by atoms with Crippen LogP contribution in [0.3, 0.4) is 0 Å². The Morgan fingerprint density at radius 2 is 2.05 bits per heavy atom. The van der Waals surface area contributed by atoms with E-state index >= 15 is 0 Å². The SMILES string of the molecule is CCOC(=O)[C@@H](NC(=O)OC(C)(C)C)c1cnccn1. The number of carbonyl (C=O) groups excluding carboxylic acids is 2. The van der Waals surface area contributed by atoms with Gasteiger partial charge in [-0.1, -0.05) is 0 Å². The minimum Gasteiger partial charge on any atom is -0.464 e. The second-order valence-electron chi connectivity index (χ2n) is 4.96. The Hall–Kier alpha value is -2.18. The van der Waals surface area contributed by atoms with E-state index in [0.29, 0.717) is 0 Å². The third-order valence-corrected chi connectivity index (χ3v) is 2.06. The van der Waals surface area contributed by atoms with Crippen LogP contribution in [-0.2, 0) is 14.3 Å². The Morgan fingerprint density at radius 3 is 2.55 bits per heavy atom. The zero-order valence-corrected chi connectivity index (χ0v) is 12.0. The second-order valence-corrected chi connectivity index (χ2v) is 4.96. The molecule has 1 aromatic heterocycles. The van der Waals surface area contributed by atoms with Crippen molar-refractivity contribution >= 4 is 12.1 Å². The summed E-state index contributed by atoms with van der Waals surface area (Å²) in [6.45, 7) is 7.07. The molecular weight excluding hydrogens is 262 g/mol. The highest BCUT2D eigenvalue weighted by Gasteiger charge is 2.28. The number of hydrogen-bond donors (Lipinski definition) is 1. The van der Waals surface area contributed by atoms with Crippen LogP contribution < -0.4 is 5.32 Å². The summed E-state index contributed by atoms with van der Waals surface area (Å²) in [6, 6.07) is -1.04. The maximum absolute atomic E-state index is 11.9. The third-order valence-electron chi connectivity index (χ3n) is 2.06. The summed E-state index contributed by atoms with van der Waals surface area (Å²) in [5.74, 6) is -0.612. The van der Waals surface area contributed by atoms with Gasteiger partial charge in [-0.3, -0.25) is 9.97 Å². The predicted octanol–water partition coefficient (Wildman–Crippen LogP) is 1.61. The quantitative estimate of drug-likeness (QED) is 0.843. The molecule has 0 bridgehead atoms. The zero-order chi connectivity index (χ0) is 15.2. The molecule has 0 saturated heterocycles. The van der Waals surface area contributed by atoms with Crippen molar-refractivity contribution < 1.29 is 19.1 Å². The number of nitrogens with one attached hydrogen (secondary N) is 1. The number of nitrogens with zero attached hydrogens (tertiary/aromatic N) is 2. The first-order chi connectivity index (χ1) is 9.33. The Bertz CT molecular complexity index is 456. The lowest BCUT2D eigenvalue weighted by atomic mass is 10.2. The number of carbonyl (C=O) groups is 2. The van der Waals surface area contributed by atoms with Crippen molar-refractivity contribution in [1.82, 2.24) is 15.3 Å². The van der Waals surface area contributed by atoms with E-state index in [1.54, 1.807) is 27.7 Å². The van der Waals surface area contributed by atoms with Gasteiger partial charge < -0.3 is 14.8 Å². The van der Waals surface area contributed by atoms with E-state index in [1.165, 1.54) is 18.6 Å². The van der Waals surface area contributed by atoms with Gasteiger partial charge >= 0.3 is 12.1 Å². The Balaban J connectivity index is 2.84. The summed E-state index contributed by atoms with van der Waals surface area (Å²) in [7, 11) is 0. The maximum atomic E-state index is 11.9. The van der Waals surface area contributed by atoms with Crippen LogP contribution >= 0.6 is 0 Å². The molecule has 1 heterocycles. The van der Waals surface area contributed by atoms with Crippen LogP contribution in [0.5, 0.6) is 0 Å². The molecule has 1 amide bonds. The molecule has 0 aliphatic heterocycles. The minimum absolute atomic E-state index is 0.200. The molecule has 1 atom stereocenters. The van der Waals surface area contributed by atoms with E-state index in [0.717, 1.165) is 0 Å². The number of esters is 1. The zero-order valence-electron chi connectivity index (χ0n) is 12.0. The molecule has 0 radical (unpaired) electrons. The van der Waals surface area contributed by atoms with Gasteiger partial charge in [-0.05, 0) is 27.7 Å². The van der Waals surface area contributed by atoms with E-state index < -0.39 is 23.7 Å². The molecule has 7 heteroatoms. The fourth-order valence-electron chi connectivity index (χ4n) is 1.36. The Kier molecular flexibility index (Phi) is 5.42. The molecule has 110 valence electrons. The lowest BCUT2D eigenvalue weighted by molar-refractivity contribution is -0.146. The fraction of sp³-hybridized carbons (Fsp3) is 0.538. The molecule has 0 saturated carbocycles. The lowest BCUT2D eigenvalue weighted by Gasteiger charge is -2.22. The van der Waals surface area contributed by atoms with Crippen molar-refractivity contribution in [2.75, 3.05) is 6.61 Å². The van der Waals surface area contributed by atoms with Gasteiger partial charge in [-0.25, -0.2) is 9.59 Å². The van der Waals surface area contributed by atoms with Gasteiger partial charge in [0.1, 0.15) is 5.60 Å². The normalized spacial score (nSPS) is 12.4. The highest BCUT2D eigenvalue weighted by molar-refractivity contribution is 5.82. The topological polar surface area (TPSA) is 90.4 Å². The monoisotopic (exact) mass is 281 g/mol. The molecule has 0 unspecified atom stereocenters.